The summed E-state index contributed by atoms with van der Waals surface area (Å²) in [6.45, 7) is 0.624. The highest BCUT2D eigenvalue weighted by Gasteiger charge is 2.02. The van der Waals surface area contributed by atoms with E-state index in [0.717, 1.165) is 22.8 Å². The Morgan fingerprint density at radius 2 is 1.81 bits per heavy atom. The lowest BCUT2D eigenvalue weighted by Crippen LogP contribution is -2.02. The number of hydrogen-bond acceptors (Lipinski definition) is 4. The maximum absolute atomic E-state index is 5.13. The summed E-state index contributed by atoms with van der Waals surface area (Å²) in [4.78, 5) is 1.63. The highest BCUT2D eigenvalue weighted by molar-refractivity contribution is 5.46. The number of hydrogen-bond donors (Lipinski definition) is 1. The van der Waals surface area contributed by atoms with Crippen LogP contribution in [0.1, 0.15) is 5.69 Å². The van der Waals surface area contributed by atoms with Crippen molar-refractivity contribution in [2.24, 2.45) is 0 Å². The maximum atomic E-state index is 5.13. The highest BCUT2D eigenvalue weighted by atomic mass is 16.5. The van der Waals surface area contributed by atoms with Crippen molar-refractivity contribution in [1.29, 1.82) is 0 Å². The summed E-state index contributed by atoms with van der Waals surface area (Å²) in [6, 6.07) is 17.6. The van der Waals surface area contributed by atoms with Crippen molar-refractivity contribution in [2.75, 3.05) is 12.4 Å². The molecule has 0 unspecified atom stereocenters. The molecule has 5 heteroatoms. The number of aromatic nitrogens is 3. The zero-order valence-corrected chi connectivity index (χ0v) is 11.7. The highest BCUT2D eigenvalue weighted by Crippen LogP contribution is 2.15. The summed E-state index contributed by atoms with van der Waals surface area (Å²) in [7, 11) is 1.66. The van der Waals surface area contributed by atoms with Crippen molar-refractivity contribution in [3.05, 3.63) is 66.5 Å². The molecule has 0 spiro atoms. The number of methoxy groups -OCH3 is 1. The standard InChI is InChI=1S/C16H16N4O/c1-21-16-9-7-13(8-10-16)17-11-14-12-18-20(19-14)15-5-3-2-4-6-15/h2-10,12,17H,11H2,1H3. The summed E-state index contributed by atoms with van der Waals surface area (Å²) in [5.74, 6) is 0.843. The Morgan fingerprint density at radius 3 is 2.52 bits per heavy atom. The first-order valence-corrected chi connectivity index (χ1v) is 6.70. The molecule has 1 heterocycles. The van der Waals surface area contributed by atoms with Gasteiger partial charge in [0.2, 0.25) is 0 Å². The first-order valence-electron chi connectivity index (χ1n) is 6.70. The van der Waals surface area contributed by atoms with Gasteiger partial charge in [-0.15, -0.1) is 0 Å². The molecule has 0 saturated heterocycles. The molecule has 0 aliphatic rings. The number of para-hydroxylation sites is 1. The minimum Gasteiger partial charge on any atom is -0.497 e. The molecule has 0 aliphatic carbocycles. The smallest absolute Gasteiger partial charge is 0.119 e. The molecule has 3 aromatic rings. The zero-order valence-electron chi connectivity index (χ0n) is 11.7. The van der Waals surface area contributed by atoms with Gasteiger partial charge < -0.3 is 10.1 Å². The molecule has 1 aromatic heterocycles. The maximum Gasteiger partial charge on any atom is 0.119 e. The molecule has 21 heavy (non-hydrogen) atoms. The van der Waals surface area contributed by atoms with Gasteiger partial charge in [-0.05, 0) is 36.4 Å². The Morgan fingerprint density at radius 1 is 1.05 bits per heavy atom. The molecule has 0 aliphatic heterocycles. The summed E-state index contributed by atoms with van der Waals surface area (Å²) >= 11 is 0. The zero-order chi connectivity index (χ0) is 14.5. The second-order valence-electron chi connectivity index (χ2n) is 4.54. The quantitative estimate of drug-likeness (QED) is 0.780. The van der Waals surface area contributed by atoms with E-state index in [0.29, 0.717) is 6.54 Å². The van der Waals surface area contributed by atoms with Crippen molar-refractivity contribution in [3.63, 3.8) is 0 Å². The summed E-state index contributed by atoms with van der Waals surface area (Å²) < 4.78 is 5.13. The first kappa shape index (κ1) is 13.2. The van der Waals surface area contributed by atoms with E-state index < -0.39 is 0 Å². The fourth-order valence-corrected chi connectivity index (χ4v) is 1.96. The normalized spacial score (nSPS) is 10.3. The summed E-state index contributed by atoms with van der Waals surface area (Å²) in [5, 5.41) is 12.0. The van der Waals surface area contributed by atoms with Crippen LogP contribution < -0.4 is 10.1 Å². The van der Waals surface area contributed by atoms with Gasteiger partial charge in [-0.25, -0.2) is 0 Å². The molecule has 0 fully saturated rings. The lowest BCUT2D eigenvalue weighted by molar-refractivity contribution is 0.415. The van der Waals surface area contributed by atoms with E-state index in [4.69, 9.17) is 4.74 Å². The van der Waals surface area contributed by atoms with Gasteiger partial charge in [-0.1, -0.05) is 18.2 Å². The molecule has 0 saturated carbocycles. The van der Waals surface area contributed by atoms with Crippen LogP contribution in [0, 0.1) is 0 Å². The third kappa shape index (κ3) is 3.20. The van der Waals surface area contributed by atoms with E-state index in [1.54, 1.807) is 18.1 Å². The predicted octanol–water partition coefficient (Wildman–Crippen LogP) is 2.89. The minimum atomic E-state index is 0.624. The lowest BCUT2D eigenvalue weighted by Gasteiger charge is -2.05. The fraction of sp³-hybridized carbons (Fsp3) is 0.125. The molecule has 0 amide bonds. The molecule has 2 aromatic carbocycles. The van der Waals surface area contributed by atoms with Gasteiger partial charge in [0.15, 0.2) is 0 Å². The molecule has 106 valence electrons. The monoisotopic (exact) mass is 280 g/mol. The number of nitrogens with one attached hydrogen (secondary N) is 1. The number of benzene rings is 2. The molecule has 0 atom stereocenters. The van der Waals surface area contributed by atoms with Crippen LogP contribution in [-0.4, -0.2) is 22.1 Å². The number of anilines is 1. The second kappa shape index (κ2) is 6.09. The third-order valence-electron chi connectivity index (χ3n) is 3.09. The van der Waals surface area contributed by atoms with Crippen molar-refractivity contribution >= 4 is 5.69 Å². The van der Waals surface area contributed by atoms with E-state index in [9.17, 15) is 0 Å². The average Bonchev–Trinajstić information content (AvgIpc) is 3.03. The van der Waals surface area contributed by atoms with Crippen molar-refractivity contribution in [2.45, 2.75) is 6.54 Å². The van der Waals surface area contributed by atoms with Crippen LogP contribution in [0.4, 0.5) is 5.69 Å². The molecule has 3 rings (SSSR count). The Kier molecular flexibility index (Phi) is 3.82. The predicted molar refractivity (Wildman–Crippen MR) is 81.7 cm³/mol. The molecule has 5 nitrogen and oxygen atoms in total. The van der Waals surface area contributed by atoms with Crippen LogP contribution in [0.15, 0.2) is 60.8 Å². The van der Waals surface area contributed by atoms with Gasteiger partial charge >= 0.3 is 0 Å². The lowest BCUT2D eigenvalue weighted by atomic mass is 10.3. The Labute approximate surface area is 123 Å². The van der Waals surface area contributed by atoms with Gasteiger partial charge in [0.1, 0.15) is 11.4 Å². The first-order chi connectivity index (χ1) is 10.3. The number of rotatable bonds is 5. The van der Waals surface area contributed by atoms with E-state index in [1.807, 2.05) is 54.6 Å². The Hall–Kier alpha value is -2.82. The van der Waals surface area contributed by atoms with E-state index in [-0.39, 0.29) is 0 Å². The van der Waals surface area contributed by atoms with Gasteiger partial charge in [0.25, 0.3) is 0 Å². The summed E-state index contributed by atoms with van der Waals surface area (Å²) in [5.41, 5.74) is 2.85. The topological polar surface area (TPSA) is 52.0 Å². The van der Waals surface area contributed by atoms with Crippen LogP contribution in [0.3, 0.4) is 0 Å². The second-order valence-corrected chi connectivity index (χ2v) is 4.54. The SMILES string of the molecule is COc1ccc(NCc2cnn(-c3ccccc3)n2)cc1. The van der Waals surface area contributed by atoms with Crippen molar-refractivity contribution < 1.29 is 4.74 Å². The third-order valence-corrected chi connectivity index (χ3v) is 3.09. The van der Waals surface area contributed by atoms with E-state index >= 15 is 0 Å². The van der Waals surface area contributed by atoms with E-state index in [1.165, 1.54) is 0 Å². The fourth-order valence-electron chi connectivity index (χ4n) is 1.96. The van der Waals surface area contributed by atoms with Crippen LogP contribution >= 0.6 is 0 Å². The Balaban J connectivity index is 1.64. The average molecular weight is 280 g/mol. The van der Waals surface area contributed by atoms with Gasteiger partial charge in [0.05, 0.1) is 25.5 Å². The number of ether oxygens (including phenoxy) is 1. The van der Waals surface area contributed by atoms with Gasteiger partial charge in [-0.3, -0.25) is 0 Å². The van der Waals surface area contributed by atoms with Crippen molar-refractivity contribution in [1.82, 2.24) is 15.0 Å². The van der Waals surface area contributed by atoms with E-state index in [2.05, 4.69) is 15.5 Å². The number of nitrogens with zero attached hydrogens (tertiary/aromatic N) is 3. The van der Waals surface area contributed by atoms with Crippen LogP contribution in [0.25, 0.3) is 5.69 Å². The minimum absolute atomic E-state index is 0.624. The molecule has 1 N–H and O–H groups in total. The van der Waals surface area contributed by atoms with Crippen LogP contribution in [0.5, 0.6) is 5.75 Å². The van der Waals surface area contributed by atoms with Crippen LogP contribution in [-0.2, 0) is 6.54 Å². The van der Waals surface area contributed by atoms with Crippen molar-refractivity contribution in [3.8, 4) is 11.4 Å². The van der Waals surface area contributed by atoms with Crippen LogP contribution in [0.2, 0.25) is 0 Å². The molecular formula is C16H16N4O. The molecule has 0 bridgehead atoms. The summed E-state index contributed by atoms with van der Waals surface area (Å²) in [6.07, 6.45) is 1.77. The largest absolute Gasteiger partial charge is 0.497 e. The molecular weight excluding hydrogens is 264 g/mol. The molecule has 0 radical (unpaired) electrons. The Bertz CT molecular complexity index is 692. The van der Waals surface area contributed by atoms with Gasteiger partial charge in [0, 0.05) is 5.69 Å². The van der Waals surface area contributed by atoms with Gasteiger partial charge in [-0.2, -0.15) is 15.0 Å².